The summed E-state index contributed by atoms with van der Waals surface area (Å²) in [5.74, 6) is -0.234. The minimum Gasteiger partial charge on any atom is -0.379 e. The second-order valence-electron chi connectivity index (χ2n) is 8.77. The van der Waals surface area contributed by atoms with E-state index in [0.29, 0.717) is 43.5 Å². The second-order valence-corrected chi connectivity index (χ2v) is 11.7. The van der Waals surface area contributed by atoms with E-state index in [1.54, 1.807) is 17.0 Å². The number of hydrogen-bond donors (Lipinski definition) is 0. The molecule has 0 bridgehead atoms. The molecule has 0 atom stereocenters. The standard InChI is InChI=1S/C27H27N3O4S2/c1-19-8-13-24-25(20(19)2)28-27(35-24)30(18-21-6-4-3-5-7-21)26(31)22-9-11-23(12-10-22)36(32,33)29-14-16-34-17-15-29/h3-13H,14-18H2,1-2H3. The molecule has 1 amide bonds. The van der Waals surface area contributed by atoms with Crippen LogP contribution in [-0.2, 0) is 21.3 Å². The first-order chi connectivity index (χ1) is 17.3. The molecular formula is C27H27N3O4S2. The van der Waals surface area contributed by atoms with Crippen LogP contribution in [0.4, 0.5) is 5.13 Å². The second kappa shape index (κ2) is 10.1. The molecule has 0 spiro atoms. The van der Waals surface area contributed by atoms with Crippen LogP contribution in [0.3, 0.4) is 0 Å². The maximum atomic E-state index is 13.8. The Kier molecular flexibility index (Phi) is 6.90. The fourth-order valence-electron chi connectivity index (χ4n) is 4.18. The molecule has 0 N–H and O–H groups in total. The minimum atomic E-state index is -3.63. The van der Waals surface area contributed by atoms with E-state index < -0.39 is 10.0 Å². The highest BCUT2D eigenvalue weighted by atomic mass is 32.2. The predicted octanol–water partition coefficient (Wildman–Crippen LogP) is 4.78. The maximum Gasteiger partial charge on any atom is 0.260 e. The topological polar surface area (TPSA) is 79.8 Å². The summed E-state index contributed by atoms with van der Waals surface area (Å²) >= 11 is 1.48. The van der Waals surface area contributed by atoms with Crippen LogP contribution >= 0.6 is 11.3 Å². The van der Waals surface area contributed by atoms with E-state index in [4.69, 9.17) is 9.72 Å². The lowest BCUT2D eigenvalue weighted by Gasteiger charge is -2.26. The fourth-order valence-corrected chi connectivity index (χ4v) is 6.61. The molecule has 0 aliphatic carbocycles. The first-order valence-corrected chi connectivity index (χ1v) is 14.0. The van der Waals surface area contributed by atoms with Gasteiger partial charge in [-0.1, -0.05) is 47.7 Å². The van der Waals surface area contributed by atoms with E-state index in [2.05, 4.69) is 6.07 Å². The third-order valence-electron chi connectivity index (χ3n) is 6.44. The molecule has 9 heteroatoms. The molecule has 1 aromatic heterocycles. The van der Waals surface area contributed by atoms with Gasteiger partial charge in [-0.2, -0.15) is 4.31 Å². The normalized spacial score (nSPS) is 14.7. The van der Waals surface area contributed by atoms with Crippen molar-refractivity contribution in [3.05, 3.63) is 89.0 Å². The van der Waals surface area contributed by atoms with Crippen molar-refractivity contribution < 1.29 is 17.9 Å². The highest BCUT2D eigenvalue weighted by molar-refractivity contribution is 7.89. The number of amides is 1. The number of fused-ring (bicyclic) bond motifs is 1. The number of benzene rings is 3. The van der Waals surface area contributed by atoms with E-state index >= 15 is 0 Å². The summed E-state index contributed by atoms with van der Waals surface area (Å²) in [5, 5.41) is 0.609. The summed E-state index contributed by atoms with van der Waals surface area (Å²) in [7, 11) is -3.63. The summed E-state index contributed by atoms with van der Waals surface area (Å²) in [6, 6.07) is 20.0. The number of nitrogens with zero attached hydrogens (tertiary/aromatic N) is 3. The van der Waals surface area contributed by atoms with Gasteiger partial charge >= 0.3 is 0 Å². The van der Waals surface area contributed by atoms with E-state index in [9.17, 15) is 13.2 Å². The Bertz CT molecular complexity index is 1490. The van der Waals surface area contributed by atoms with Crippen LogP contribution < -0.4 is 4.90 Å². The molecule has 186 valence electrons. The number of sulfonamides is 1. The molecule has 0 radical (unpaired) electrons. The molecule has 1 aliphatic rings. The lowest BCUT2D eigenvalue weighted by molar-refractivity contribution is 0.0730. The van der Waals surface area contributed by atoms with Crippen molar-refractivity contribution in [3.8, 4) is 0 Å². The molecule has 4 aromatic rings. The number of carbonyl (C=O) groups is 1. The third-order valence-corrected chi connectivity index (χ3v) is 9.40. The summed E-state index contributed by atoms with van der Waals surface area (Å²) in [6.45, 7) is 5.85. The van der Waals surface area contributed by atoms with Crippen LogP contribution in [0.1, 0.15) is 27.0 Å². The Morgan fingerprint density at radius 1 is 1.00 bits per heavy atom. The van der Waals surface area contributed by atoms with Crippen LogP contribution in [0, 0.1) is 13.8 Å². The van der Waals surface area contributed by atoms with E-state index in [1.165, 1.54) is 27.8 Å². The van der Waals surface area contributed by atoms with Crippen LogP contribution in [0.5, 0.6) is 0 Å². The Balaban J connectivity index is 1.49. The largest absolute Gasteiger partial charge is 0.379 e. The monoisotopic (exact) mass is 521 g/mol. The number of morpholine rings is 1. The quantitative estimate of drug-likeness (QED) is 0.365. The number of carbonyl (C=O) groups excluding carboxylic acids is 1. The van der Waals surface area contributed by atoms with Crippen molar-refractivity contribution in [2.45, 2.75) is 25.3 Å². The van der Waals surface area contributed by atoms with Gasteiger partial charge in [-0.3, -0.25) is 9.69 Å². The fraction of sp³-hybridized carbons (Fsp3) is 0.259. The highest BCUT2D eigenvalue weighted by Crippen LogP contribution is 2.33. The molecule has 7 nitrogen and oxygen atoms in total. The average molecular weight is 522 g/mol. The molecule has 1 aliphatic heterocycles. The van der Waals surface area contributed by atoms with Gasteiger partial charge in [-0.25, -0.2) is 13.4 Å². The van der Waals surface area contributed by atoms with Crippen molar-refractivity contribution in [3.63, 3.8) is 0 Å². The SMILES string of the molecule is Cc1ccc2sc(N(Cc3ccccc3)C(=O)c3ccc(S(=O)(=O)N4CCOCC4)cc3)nc2c1C. The smallest absolute Gasteiger partial charge is 0.260 e. The zero-order valence-electron chi connectivity index (χ0n) is 20.2. The van der Waals surface area contributed by atoms with E-state index in [1.807, 2.05) is 50.2 Å². The number of anilines is 1. The van der Waals surface area contributed by atoms with Crippen LogP contribution in [0.2, 0.25) is 0 Å². The Morgan fingerprint density at radius 3 is 2.39 bits per heavy atom. The van der Waals surface area contributed by atoms with Crippen molar-refractivity contribution in [1.82, 2.24) is 9.29 Å². The summed E-state index contributed by atoms with van der Waals surface area (Å²) in [4.78, 5) is 20.4. The number of aryl methyl sites for hydroxylation is 2. The third kappa shape index (κ3) is 4.79. The predicted molar refractivity (Wildman–Crippen MR) is 142 cm³/mol. The lowest BCUT2D eigenvalue weighted by atomic mass is 10.1. The molecule has 2 heterocycles. The number of rotatable bonds is 6. The van der Waals surface area contributed by atoms with Gasteiger partial charge in [0.2, 0.25) is 10.0 Å². The van der Waals surface area contributed by atoms with Crippen LogP contribution in [-0.4, -0.2) is 49.9 Å². The van der Waals surface area contributed by atoms with Gasteiger partial charge in [0, 0.05) is 18.7 Å². The van der Waals surface area contributed by atoms with Gasteiger partial charge in [0.25, 0.3) is 5.91 Å². The van der Waals surface area contributed by atoms with Gasteiger partial charge in [0.15, 0.2) is 5.13 Å². The van der Waals surface area contributed by atoms with Gasteiger partial charge in [0.1, 0.15) is 0 Å². The molecule has 0 saturated carbocycles. The maximum absolute atomic E-state index is 13.8. The molecule has 1 fully saturated rings. The van der Waals surface area contributed by atoms with E-state index in [0.717, 1.165) is 26.9 Å². The van der Waals surface area contributed by atoms with E-state index in [-0.39, 0.29) is 10.8 Å². The Morgan fingerprint density at radius 2 is 1.69 bits per heavy atom. The summed E-state index contributed by atoms with van der Waals surface area (Å²) < 4.78 is 33.7. The van der Waals surface area contributed by atoms with Gasteiger partial charge in [-0.15, -0.1) is 0 Å². The van der Waals surface area contributed by atoms with Gasteiger partial charge < -0.3 is 4.74 Å². The van der Waals surface area contributed by atoms with Gasteiger partial charge in [-0.05, 0) is 60.9 Å². The average Bonchev–Trinajstić information content (AvgIpc) is 3.35. The van der Waals surface area contributed by atoms with Crippen molar-refractivity contribution in [2.24, 2.45) is 0 Å². The zero-order chi connectivity index (χ0) is 25.3. The van der Waals surface area contributed by atoms with Crippen LogP contribution in [0.25, 0.3) is 10.2 Å². The highest BCUT2D eigenvalue weighted by Gasteiger charge is 2.27. The number of ether oxygens (including phenoxy) is 1. The molecule has 0 unspecified atom stereocenters. The summed E-state index contributed by atoms with van der Waals surface area (Å²) in [5.41, 5.74) is 4.52. The Labute approximate surface area is 215 Å². The lowest BCUT2D eigenvalue weighted by Crippen LogP contribution is -2.40. The summed E-state index contributed by atoms with van der Waals surface area (Å²) in [6.07, 6.45) is 0. The molecule has 1 saturated heterocycles. The van der Waals surface area contributed by atoms with Crippen molar-refractivity contribution >= 4 is 42.6 Å². The molecule has 3 aromatic carbocycles. The first-order valence-electron chi connectivity index (χ1n) is 11.7. The number of aromatic nitrogens is 1. The molecule has 5 rings (SSSR count). The van der Waals surface area contributed by atoms with Gasteiger partial charge in [0.05, 0.1) is 34.9 Å². The zero-order valence-corrected chi connectivity index (χ0v) is 21.8. The number of hydrogen-bond acceptors (Lipinski definition) is 6. The minimum absolute atomic E-state index is 0.168. The molecular weight excluding hydrogens is 494 g/mol. The first kappa shape index (κ1) is 24.6. The molecule has 36 heavy (non-hydrogen) atoms. The van der Waals surface area contributed by atoms with Crippen molar-refractivity contribution in [1.29, 1.82) is 0 Å². The number of thiazole rings is 1. The Hall–Kier alpha value is -3.11. The van der Waals surface area contributed by atoms with Crippen LogP contribution in [0.15, 0.2) is 71.6 Å². The van der Waals surface area contributed by atoms with Crippen molar-refractivity contribution in [2.75, 3.05) is 31.2 Å².